The highest BCUT2D eigenvalue weighted by Gasteiger charge is 2.21. The SMILES string of the molecule is CCC(CC)N(CC(C)C)c1nc(Cl)nc(OC(C)C)n1. The third-order valence-electron chi connectivity index (χ3n) is 3.12. The number of anilines is 1. The molecule has 120 valence electrons. The number of hydrogen-bond donors (Lipinski definition) is 0. The van der Waals surface area contributed by atoms with E-state index in [2.05, 4.69) is 47.5 Å². The number of ether oxygens (including phenoxy) is 1. The minimum Gasteiger partial charge on any atom is -0.461 e. The van der Waals surface area contributed by atoms with Crippen molar-refractivity contribution in [3.05, 3.63) is 5.28 Å². The van der Waals surface area contributed by atoms with Gasteiger partial charge in [0.2, 0.25) is 11.2 Å². The molecule has 0 saturated heterocycles. The van der Waals surface area contributed by atoms with Gasteiger partial charge in [-0.25, -0.2) is 0 Å². The Hall–Kier alpha value is -1.10. The molecule has 1 aromatic heterocycles. The second kappa shape index (κ2) is 8.37. The van der Waals surface area contributed by atoms with Crippen molar-refractivity contribution >= 4 is 17.5 Å². The van der Waals surface area contributed by atoms with Crippen LogP contribution in [0.5, 0.6) is 6.01 Å². The van der Waals surface area contributed by atoms with Crippen molar-refractivity contribution in [1.82, 2.24) is 15.0 Å². The number of rotatable bonds is 8. The van der Waals surface area contributed by atoms with Crippen LogP contribution in [0.4, 0.5) is 5.95 Å². The zero-order chi connectivity index (χ0) is 16.0. The Labute approximate surface area is 133 Å². The largest absolute Gasteiger partial charge is 0.461 e. The summed E-state index contributed by atoms with van der Waals surface area (Å²) in [5, 5.41) is 0.176. The minimum absolute atomic E-state index is 0.00279. The lowest BCUT2D eigenvalue weighted by atomic mass is 10.1. The molecule has 0 spiro atoms. The van der Waals surface area contributed by atoms with E-state index in [1.54, 1.807) is 0 Å². The molecule has 1 aromatic rings. The van der Waals surface area contributed by atoms with Gasteiger partial charge in [-0.05, 0) is 44.2 Å². The van der Waals surface area contributed by atoms with Crippen LogP contribution in [0.2, 0.25) is 5.28 Å². The topological polar surface area (TPSA) is 51.1 Å². The molecule has 0 unspecified atom stereocenters. The molecule has 0 N–H and O–H groups in total. The summed E-state index contributed by atoms with van der Waals surface area (Å²) in [7, 11) is 0. The standard InChI is InChI=1S/C15H27ClN4O/c1-7-12(8-2)20(9-10(3)4)14-17-13(16)18-15(19-14)21-11(5)6/h10-12H,7-9H2,1-6H3. The smallest absolute Gasteiger partial charge is 0.322 e. The van der Waals surface area contributed by atoms with Crippen LogP contribution in [0.15, 0.2) is 0 Å². The Morgan fingerprint density at radius 3 is 2.14 bits per heavy atom. The second-order valence-electron chi connectivity index (χ2n) is 5.87. The zero-order valence-electron chi connectivity index (χ0n) is 13.9. The van der Waals surface area contributed by atoms with Crippen LogP contribution in [-0.4, -0.2) is 33.6 Å². The first-order chi connectivity index (χ1) is 9.87. The lowest BCUT2D eigenvalue weighted by Crippen LogP contribution is -2.38. The van der Waals surface area contributed by atoms with Gasteiger partial charge in [0, 0.05) is 12.6 Å². The van der Waals surface area contributed by atoms with Gasteiger partial charge in [-0.1, -0.05) is 27.7 Å². The summed E-state index contributed by atoms with van der Waals surface area (Å²) in [6, 6.07) is 0.678. The van der Waals surface area contributed by atoms with Crippen molar-refractivity contribution in [3.8, 4) is 6.01 Å². The van der Waals surface area contributed by atoms with E-state index >= 15 is 0 Å². The maximum atomic E-state index is 6.04. The zero-order valence-corrected chi connectivity index (χ0v) is 14.7. The number of nitrogens with zero attached hydrogens (tertiary/aromatic N) is 4. The Kier molecular flexibility index (Phi) is 7.15. The summed E-state index contributed by atoms with van der Waals surface area (Å²) in [5.41, 5.74) is 0. The highest BCUT2D eigenvalue weighted by Crippen LogP contribution is 2.22. The van der Waals surface area contributed by atoms with E-state index in [-0.39, 0.29) is 11.4 Å². The summed E-state index contributed by atoms with van der Waals surface area (Å²) < 4.78 is 5.56. The number of aromatic nitrogens is 3. The first kappa shape index (κ1) is 18.0. The van der Waals surface area contributed by atoms with Crippen LogP contribution >= 0.6 is 11.6 Å². The maximum Gasteiger partial charge on any atom is 0.322 e. The predicted molar refractivity (Wildman–Crippen MR) is 87.2 cm³/mol. The van der Waals surface area contributed by atoms with Gasteiger partial charge >= 0.3 is 6.01 Å². The fraction of sp³-hybridized carbons (Fsp3) is 0.800. The molecular weight excluding hydrogens is 288 g/mol. The summed E-state index contributed by atoms with van der Waals surface area (Å²) in [6.07, 6.45) is 2.07. The Morgan fingerprint density at radius 2 is 1.67 bits per heavy atom. The lowest BCUT2D eigenvalue weighted by molar-refractivity contribution is 0.221. The molecule has 0 atom stereocenters. The summed E-state index contributed by atoms with van der Waals surface area (Å²) >= 11 is 6.04. The maximum absolute atomic E-state index is 6.04. The lowest BCUT2D eigenvalue weighted by Gasteiger charge is -2.32. The third-order valence-corrected chi connectivity index (χ3v) is 3.29. The molecule has 0 bridgehead atoms. The monoisotopic (exact) mass is 314 g/mol. The van der Waals surface area contributed by atoms with Crippen molar-refractivity contribution in [2.24, 2.45) is 5.92 Å². The minimum atomic E-state index is 0.00279. The van der Waals surface area contributed by atoms with Crippen LogP contribution in [0.3, 0.4) is 0 Å². The van der Waals surface area contributed by atoms with E-state index in [0.717, 1.165) is 19.4 Å². The van der Waals surface area contributed by atoms with Crippen LogP contribution in [-0.2, 0) is 0 Å². The first-order valence-electron chi connectivity index (χ1n) is 7.72. The van der Waals surface area contributed by atoms with E-state index in [1.165, 1.54) is 0 Å². The third kappa shape index (κ3) is 5.65. The van der Waals surface area contributed by atoms with Crippen LogP contribution in [0.25, 0.3) is 0 Å². The molecule has 0 aliphatic heterocycles. The van der Waals surface area contributed by atoms with E-state index in [9.17, 15) is 0 Å². The van der Waals surface area contributed by atoms with Gasteiger partial charge in [0.05, 0.1) is 6.10 Å². The van der Waals surface area contributed by atoms with Crippen LogP contribution in [0, 0.1) is 5.92 Å². The summed E-state index contributed by atoms with van der Waals surface area (Å²) in [6.45, 7) is 13.5. The average Bonchev–Trinajstić information content (AvgIpc) is 2.36. The van der Waals surface area contributed by atoms with E-state index < -0.39 is 0 Å². The van der Waals surface area contributed by atoms with Crippen molar-refractivity contribution in [3.63, 3.8) is 0 Å². The van der Waals surface area contributed by atoms with Crippen LogP contribution in [0.1, 0.15) is 54.4 Å². The van der Waals surface area contributed by atoms with E-state index in [4.69, 9.17) is 16.3 Å². The molecule has 6 heteroatoms. The summed E-state index contributed by atoms with van der Waals surface area (Å²) in [4.78, 5) is 15.0. The molecule has 1 heterocycles. The second-order valence-corrected chi connectivity index (χ2v) is 6.21. The molecule has 0 radical (unpaired) electrons. The molecule has 21 heavy (non-hydrogen) atoms. The van der Waals surface area contributed by atoms with Crippen molar-refractivity contribution < 1.29 is 4.74 Å². The van der Waals surface area contributed by atoms with Gasteiger partial charge in [0.25, 0.3) is 0 Å². The fourth-order valence-electron chi connectivity index (χ4n) is 2.23. The average molecular weight is 315 g/mol. The first-order valence-corrected chi connectivity index (χ1v) is 8.09. The molecule has 0 aromatic carbocycles. The molecule has 0 aliphatic carbocycles. The van der Waals surface area contributed by atoms with Crippen molar-refractivity contribution in [2.75, 3.05) is 11.4 Å². The molecule has 5 nitrogen and oxygen atoms in total. The normalized spacial score (nSPS) is 11.5. The van der Waals surface area contributed by atoms with Crippen molar-refractivity contribution in [2.45, 2.75) is 66.5 Å². The van der Waals surface area contributed by atoms with Gasteiger partial charge in [-0.2, -0.15) is 15.0 Å². The molecule has 0 amide bonds. The number of halogens is 1. The van der Waals surface area contributed by atoms with Gasteiger partial charge in [-0.15, -0.1) is 0 Å². The van der Waals surface area contributed by atoms with Crippen molar-refractivity contribution in [1.29, 1.82) is 0 Å². The van der Waals surface area contributed by atoms with E-state index in [1.807, 2.05) is 13.8 Å². The predicted octanol–water partition coefficient (Wildman–Crippen LogP) is 3.96. The molecule has 0 saturated carbocycles. The van der Waals surface area contributed by atoms with Crippen LogP contribution < -0.4 is 9.64 Å². The quantitative estimate of drug-likeness (QED) is 0.727. The molecular formula is C15H27ClN4O. The molecule has 0 fully saturated rings. The number of hydrogen-bond acceptors (Lipinski definition) is 5. The van der Waals surface area contributed by atoms with Gasteiger partial charge in [-0.3, -0.25) is 0 Å². The van der Waals surface area contributed by atoms with Gasteiger partial charge in [0.15, 0.2) is 0 Å². The Bertz CT molecular complexity index is 436. The Balaban J connectivity index is 3.13. The fourth-order valence-corrected chi connectivity index (χ4v) is 2.38. The van der Waals surface area contributed by atoms with Gasteiger partial charge < -0.3 is 9.64 Å². The molecule has 0 aliphatic rings. The Morgan fingerprint density at radius 1 is 1.05 bits per heavy atom. The highest BCUT2D eigenvalue weighted by atomic mass is 35.5. The van der Waals surface area contributed by atoms with Gasteiger partial charge in [0.1, 0.15) is 0 Å². The molecule has 1 rings (SSSR count). The van der Waals surface area contributed by atoms with E-state index in [0.29, 0.717) is 23.9 Å². The summed E-state index contributed by atoms with van der Waals surface area (Å²) in [5.74, 6) is 1.11. The highest BCUT2D eigenvalue weighted by molar-refractivity contribution is 6.28.